The van der Waals surface area contributed by atoms with Crippen molar-refractivity contribution in [1.82, 2.24) is 0 Å². The summed E-state index contributed by atoms with van der Waals surface area (Å²) >= 11 is 0. The molecule has 0 fully saturated rings. The van der Waals surface area contributed by atoms with Crippen molar-refractivity contribution in [3.63, 3.8) is 0 Å². The molecule has 0 radical (unpaired) electrons. The molecular formula is C14H16N2O2. The maximum absolute atomic E-state index is 8.61. The Bertz CT molecular complexity index is 566. The standard InChI is InChI=1S/C14H16N2O2/c1-18-13(9-14(15)16-17)12-7-6-10-4-2-3-5-11(10)8-12/h2-8,13,17H,9H2,1H3,(H2,15,16). The van der Waals surface area contributed by atoms with Gasteiger partial charge in [0.15, 0.2) is 0 Å². The monoisotopic (exact) mass is 244 g/mol. The molecule has 4 heteroatoms. The minimum atomic E-state index is -0.203. The maximum atomic E-state index is 8.61. The summed E-state index contributed by atoms with van der Waals surface area (Å²) in [7, 11) is 1.62. The summed E-state index contributed by atoms with van der Waals surface area (Å²) < 4.78 is 5.39. The molecule has 4 nitrogen and oxygen atoms in total. The van der Waals surface area contributed by atoms with E-state index in [2.05, 4.69) is 23.4 Å². The predicted octanol–water partition coefficient (Wildman–Crippen LogP) is 2.66. The Morgan fingerprint density at radius 3 is 2.67 bits per heavy atom. The van der Waals surface area contributed by atoms with Gasteiger partial charge in [-0.25, -0.2) is 0 Å². The molecule has 1 unspecified atom stereocenters. The van der Waals surface area contributed by atoms with Crippen LogP contribution < -0.4 is 5.73 Å². The van der Waals surface area contributed by atoms with Gasteiger partial charge >= 0.3 is 0 Å². The van der Waals surface area contributed by atoms with Crippen molar-refractivity contribution in [2.45, 2.75) is 12.5 Å². The molecule has 0 saturated carbocycles. The molecule has 0 aliphatic heterocycles. The van der Waals surface area contributed by atoms with Crippen LogP contribution in [0.25, 0.3) is 10.8 Å². The van der Waals surface area contributed by atoms with Crippen LogP contribution in [0, 0.1) is 0 Å². The highest BCUT2D eigenvalue weighted by molar-refractivity contribution is 5.84. The molecule has 0 amide bonds. The molecule has 1 atom stereocenters. The van der Waals surface area contributed by atoms with Crippen LogP contribution in [0.1, 0.15) is 18.1 Å². The summed E-state index contributed by atoms with van der Waals surface area (Å²) in [4.78, 5) is 0. The molecule has 0 saturated heterocycles. The van der Waals surface area contributed by atoms with E-state index in [0.717, 1.165) is 10.9 Å². The Morgan fingerprint density at radius 1 is 1.28 bits per heavy atom. The van der Waals surface area contributed by atoms with Gasteiger partial charge < -0.3 is 15.7 Å². The number of nitrogens with zero attached hydrogens (tertiary/aromatic N) is 1. The van der Waals surface area contributed by atoms with Crippen LogP contribution in [0.2, 0.25) is 0 Å². The van der Waals surface area contributed by atoms with E-state index < -0.39 is 0 Å². The first-order valence-electron chi connectivity index (χ1n) is 5.72. The molecule has 2 aromatic rings. The van der Waals surface area contributed by atoms with Crippen LogP contribution in [0.5, 0.6) is 0 Å². The third-order valence-corrected chi connectivity index (χ3v) is 2.95. The number of ether oxygens (including phenoxy) is 1. The highest BCUT2D eigenvalue weighted by Gasteiger charge is 2.13. The molecular weight excluding hydrogens is 228 g/mol. The Morgan fingerprint density at radius 2 is 2.00 bits per heavy atom. The second-order valence-corrected chi connectivity index (χ2v) is 4.13. The number of hydrogen-bond acceptors (Lipinski definition) is 3. The fourth-order valence-electron chi connectivity index (χ4n) is 1.98. The Labute approximate surface area is 106 Å². The minimum absolute atomic E-state index is 0.162. The average Bonchev–Trinajstić information content (AvgIpc) is 2.44. The van der Waals surface area contributed by atoms with Crippen molar-refractivity contribution in [1.29, 1.82) is 0 Å². The second kappa shape index (κ2) is 5.51. The van der Waals surface area contributed by atoms with Crippen LogP contribution in [0.15, 0.2) is 47.6 Å². The van der Waals surface area contributed by atoms with Crippen LogP contribution >= 0.6 is 0 Å². The number of benzene rings is 2. The molecule has 18 heavy (non-hydrogen) atoms. The van der Waals surface area contributed by atoms with Crippen LogP contribution in [0.3, 0.4) is 0 Å². The Kier molecular flexibility index (Phi) is 3.79. The molecule has 0 aliphatic carbocycles. The van der Waals surface area contributed by atoms with Crippen molar-refractivity contribution in [2.24, 2.45) is 10.9 Å². The quantitative estimate of drug-likeness (QED) is 0.376. The predicted molar refractivity (Wildman–Crippen MR) is 71.7 cm³/mol. The summed E-state index contributed by atoms with van der Waals surface area (Å²) in [6, 6.07) is 14.2. The molecule has 0 aliphatic rings. The molecule has 3 N–H and O–H groups in total. The highest BCUT2D eigenvalue weighted by Crippen LogP contribution is 2.24. The number of rotatable bonds is 4. The number of oxime groups is 1. The summed E-state index contributed by atoms with van der Waals surface area (Å²) in [6.45, 7) is 0. The van der Waals surface area contributed by atoms with Crippen molar-refractivity contribution >= 4 is 16.6 Å². The third-order valence-electron chi connectivity index (χ3n) is 2.95. The molecule has 2 aromatic carbocycles. The van der Waals surface area contributed by atoms with Crippen LogP contribution in [0.4, 0.5) is 0 Å². The zero-order chi connectivity index (χ0) is 13.0. The highest BCUT2D eigenvalue weighted by atomic mass is 16.5. The topological polar surface area (TPSA) is 67.8 Å². The van der Waals surface area contributed by atoms with E-state index in [1.54, 1.807) is 7.11 Å². The van der Waals surface area contributed by atoms with E-state index in [-0.39, 0.29) is 11.9 Å². The molecule has 2 rings (SSSR count). The lowest BCUT2D eigenvalue weighted by Gasteiger charge is -2.15. The van der Waals surface area contributed by atoms with E-state index in [1.807, 2.05) is 24.3 Å². The van der Waals surface area contributed by atoms with E-state index in [4.69, 9.17) is 15.7 Å². The summed E-state index contributed by atoms with van der Waals surface area (Å²) in [6.07, 6.45) is 0.163. The molecule has 0 bridgehead atoms. The fraction of sp³-hybridized carbons (Fsp3) is 0.214. The number of methoxy groups -OCH3 is 1. The first-order chi connectivity index (χ1) is 8.74. The van der Waals surface area contributed by atoms with Gasteiger partial charge in [0, 0.05) is 13.5 Å². The Hall–Kier alpha value is -2.07. The third kappa shape index (κ3) is 2.60. The van der Waals surface area contributed by atoms with E-state index in [1.165, 1.54) is 5.39 Å². The molecule has 94 valence electrons. The van der Waals surface area contributed by atoms with Gasteiger partial charge in [-0.15, -0.1) is 0 Å². The van der Waals surface area contributed by atoms with Gasteiger partial charge in [-0.3, -0.25) is 0 Å². The molecule has 0 heterocycles. The van der Waals surface area contributed by atoms with Crippen molar-refractivity contribution in [3.05, 3.63) is 48.0 Å². The van der Waals surface area contributed by atoms with Crippen molar-refractivity contribution < 1.29 is 9.94 Å². The fourth-order valence-corrected chi connectivity index (χ4v) is 1.98. The smallest absolute Gasteiger partial charge is 0.142 e. The number of amidine groups is 1. The van der Waals surface area contributed by atoms with Gasteiger partial charge in [0.25, 0.3) is 0 Å². The zero-order valence-electron chi connectivity index (χ0n) is 10.2. The molecule has 0 spiro atoms. The van der Waals surface area contributed by atoms with Gasteiger partial charge in [-0.2, -0.15) is 0 Å². The lowest BCUT2D eigenvalue weighted by atomic mass is 10.0. The van der Waals surface area contributed by atoms with E-state index in [0.29, 0.717) is 6.42 Å². The second-order valence-electron chi connectivity index (χ2n) is 4.13. The Balaban J connectivity index is 2.33. The van der Waals surface area contributed by atoms with E-state index >= 15 is 0 Å². The van der Waals surface area contributed by atoms with Crippen LogP contribution in [-0.4, -0.2) is 18.2 Å². The van der Waals surface area contributed by atoms with Crippen molar-refractivity contribution in [2.75, 3.05) is 7.11 Å². The van der Waals surface area contributed by atoms with Crippen molar-refractivity contribution in [3.8, 4) is 0 Å². The first kappa shape index (κ1) is 12.4. The maximum Gasteiger partial charge on any atom is 0.142 e. The number of hydrogen-bond donors (Lipinski definition) is 2. The largest absolute Gasteiger partial charge is 0.409 e. The van der Waals surface area contributed by atoms with Gasteiger partial charge in [0.2, 0.25) is 0 Å². The summed E-state index contributed by atoms with van der Waals surface area (Å²) in [5, 5.41) is 13.9. The van der Waals surface area contributed by atoms with Gasteiger partial charge in [0.05, 0.1) is 6.10 Å². The van der Waals surface area contributed by atoms with E-state index in [9.17, 15) is 0 Å². The van der Waals surface area contributed by atoms with Gasteiger partial charge in [0.1, 0.15) is 5.84 Å². The normalized spacial score (nSPS) is 13.7. The number of fused-ring (bicyclic) bond motifs is 1. The lowest BCUT2D eigenvalue weighted by molar-refractivity contribution is 0.108. The zero-order valence-corrected chi connectivity index (χ0v) is 10.2. The lowest BCUT2D eigenvalue weighted by Crippen LogP contribution is -2.17. The SMILES string of the molecule is COC(CC(N)=NO)c1ccc2ccccc2c1. The summed E-state index contributed by atoms with van der Waals surface area (Å²) in [5.41, 5.74) is 6.54. The summed E-state index contributed by atoms with van der Waals surface area (Å²) in [5.74, 6) is 0.162. The van der Waals surface area contributed by atoms with Gasteiger partial charge in [-0.1, -0.05) is 41.6 Å². The molecule has 0 aromatic heterocycles. The minimum Gasteiger partial charge on any atom is -0.409 e. The average molecular weight is 244 g/mol. The number of nitrogens with two attached hydrogens (primary N) is 1. The van der Waals surface area contributed by atoms with Crippen LogP contribution in [-0.2, 0) is 4.74 Å². The first-order valence-corrected chi connectivity index (χ1v) is 5.72. The van der Waals surface area contributed by atoms with Gasteiger partial charge in [-0.05, 0) is 22.4 Å².